The molecule has 1 nitrogen and oxygen atoms in total. The number of hydrogen-bond acceptors (Lipinski definition) is 1. The van der Waals surface area contributed by atoms with Crippen molar-refractivity contribution in [2.24, 2.45) is 0 Å². The van der Waals surface area contributed by atoms with E-state index >= 15 is 0 Å². The zero-order valence-electron chi connectivity index (χ0n) is 10.8. The van der Waals surface area contributed by atoms with E-state index in [-0.39, 0.29) is 0 Å². The van der Waals surface area contributed by atoms with Crippen LogP contribution in [0.15, 0.2) is 60.7 Å². The maximum absolute atomic E-state index is 5.88. The average Bonchev–Trinajstić information content (AvgIpc) is 2.40. The number of benzene rings is 2. The first-order valence-electron chi connectivity index (χ1n) is 6.42. The molecule has 0 aromatic heterocycles. The molecule has 0 amide bonds. The summed E-state index contributed by atoms with van der Waals surface area (Å²) in [6.07, 6.45) is 4.53. The van der Waals surface area contributed by atoms with E-state index in [0.29, 0.717) is 0 Å². The van der Waals surface area contributed by atoms with Crippen LogP contribution in [0.4, 0.5) is 5.69 Å². The molecule has 2 N–H and O–H groups in total. The highest BCUT2D eigenvalue weighted by Crippen LogP contribution is 2.25. The molecule has 0 saturated carbocycles. The molecule has 0 unspecified atom stereocenters. The van der Waals surface area contributed by atoms with Gasteiger partial charge in [-0.15, -0.1) is 0 Å². The Labute approximate surface area is 109 Å². The summed E-state index contributed by atoms with van der Waals surface area (Å²) in [5, 5.41) is 0. The highest BCUT2D eigenvalue weighted by atomic mass is 14.5. The van der Waals surface area contributed by atoms with Crippen LogP contribution in [0.2, 0.25) is 0 Å². The fourth-order valence-electron chi connectivity index (χ4n) is 2.01. The monoisotopic (exact) mass is 237 g/mol. The second kappa shape index (κ2) is 6.06. The second-order valence-corrected chi connectivity index (χ2v) is 4.40. The summed E-state index contributed by atoms with van der Waals surface area (Å²) in [5.41, 5.74) is 10.4. The molecule has 0 atom stereocenters. The quantitative estimate of drug-likeness (QED) is 0.778. The minimum Gasteiger partial charge on any atom is -0.399 e. The minimum absolute atomic E-state index is 0.811. The third-order valence-corrected chi connectivity index (χ3v) is 2.92. The van der Waals surface area contributed by atoms with E-state index in [1.165, 1.54) is 16.7 Å². The van der Waals surface area contributed by atoms with E-state index in [4.69, 9.17) is 5.73 Å². The maximum atomic E-state index is 5.88. The Morgan fingerprint density at radius 1 is 1.00 bits per heavy atom. The summed E-state index contributed by atoms with van der Waals surface area (Å²) in [6, 6.07) is 18.6. The van der Waals surface area contributed by atoms with Gasteiger partial charge < -0.3 is 5.73 Å². The molecule has 2 aromatic rings. The van der Waals surface area contributed by atoms with Gasteiger partial charge in [-0.05, 0) is 35.3 Å². The van der Waals surface area contributed by atoms with Crippen molar-refractivity contribution in [1.82, 2.24) is 0 Å². The molecule has 0 aliphatic carbocycles. The van der Waals surface area contributed by atoms with Gasteiger partial charge in [0.25, 0.3) is 0 Å². The van der Waals surface area contributed by atoms with E-state index in [0.717, 1.165) is 18.5 Å². The number of nitrogens with two attached hydrogens (primary N) is 1. The van der Waals surface area contributed by atoms with Crippen molar-refractivity contribution in [3.63, 3.8) is 0 Å². The van der Waals surface area contributed by atoms with Crippen molar-refractivity contribution < 1.29 is 0 Å². The smallest absolute Gasteiger partial charge is 0.0320 e. The lowest BCUT2D eigenvalue weighted by molar-refractivity contribution is 0.960. The van der Waals surface area contributed by atoms with Crippen LogP contribution in [0.25, 0.3) is 5.57 Å². The van der Waals surface area contributed by atoms with E-state index < -0.39 is 0 Å². The van der Waals surface area contributed by atoms with Crippen molar-refractivity contribution in [3.05, 3.63) is 71.8 Å². The molecular formula is C17H19N. The van der Waals surface area contributed by atoms with E-state index in [1.807, 2.05) is 24.3 Å². The Bertz CT molecular complexity index is 526. The molecule has 2 rings (SSSR count). The first-order chi connectivity index (χ1) is 8.81. The van der Waals surface area contributed by atoms with E-state index in [2.05, 4.69) is 43.3 Å². The fourth-order valence-corrected chi connectivity index (χ4v) is 2.01. The molecular weight excluding hydrogens is 218 g/mol. The molecule has 1 heteroatoms. The van der Waals surface area contributed by atoms with Gasteiger partial charge in [-0.2, -0.15) is 0 Å². The average molecular weight is 237 g/mol. The van der Waals surface area contributed by atoms with Crippen molar-refractivity contribution in [2.75, 3.05) is 5.73 Å². The van der Waals surface area contributed by atoms with Gasteiger partial charge in [0.15, 0.2) is 0 Å². The largest absolute Gasteiger partial charge is 0.399 e. The van der Waals surface area contributed by atoms with Gasteiger partial charge in [-0.3, -0.25) is 0 Å². The Hall–Kier alpha value is -2.02. The third-order valence-electron chi connectivity index (χ3n) is 2.92. The normalized spacial score (nSPS) is 11.5. The molecule has 0 radical (unpaired) electrons. The Balaban J connectivity index is 2.44. The van der Waals surface area contributed by atoms with Crippen molar-refractivity contribution in [2.45, 2.75) is 19.8 Å². The predicted octanol–water partition coefficient (Wildman–Crippen LogP) is 4.50. The standard InChI is InChI=1S/C17H19N/c1-2-3-12-17(14-8-5-4-6-9-14)15-10-7-11-16(18)13-15/h4-13H,2-3,18H2,1H3. The third kappa shape index (κ3) is 3.01. The summed E-state index contributed by atoms with van der Waals surface area (Å²) >= 11 is 0. The Morgan fingerprint density at radius 3 is 2.39 bits per heavy atom. The number of nitrogen functional groups attached to an aromatic ring is 1. The summed E-state index contributed by atoms with van der Waals surface area (Å²) in [4.78, 5) is 0. The number of unbranched alkanes of at least 4 members (excludes halogenated alkanes) is 1. The molecule has 0 spiro atoms. The molecule has 18 heavy (non-hydrogen) atoms. The zero-order chi connectivity index (χ0) is 12.8. The lowest BCUT2D eigenvalue weighted by Crippen LogP contribution is -1.91. The van der Waals surface area contributed by atoms with E-state index in [9.17, 15) is 0 Å². The second-order valence-electron chi connectivity index (χ2n) is 4.40. The van der Waals surface area contributed by atoms with Gasteiger partial charge >= 0.3 is 0 Å². The molecule has 0 aliphatic rings. The lowest BCUT2D eigenvalue weighted by Gasteiger charge is -2.09. The van der Waals surface area contributed by atoms with E-state index in [1.54, 1.807) is 0 Å². The lowest BCUT2D eigenvalue weighted by atomic mass is 9.96. The maximum Gasteiger partial charge on any atom is 0.0320 e. The van der Waals surface area contributed by atoms with Gasteiger partial charge in [0.1, 0.15) is 0 Å². The van der Waals surface area contributed by atoms with Gasteiger partial charge in [-0.1, -0.05) is 61.9 Å². The van der Waals surface area contributed by atoms with Gasteiger partial charge in [0.2, 0.25) is 0 Å². The summed E-state index contributed by atoms with van der Waals surface area (Å²) in [6.45, 7) is 2.19. The van der Waals surface area contributed by atoms with Gasteiger partial charge in [-0.25, -0.2) is 0 Å². The summed E-state index contributed by atoms with van der Waals surface area (Å²) in [7, 11) is 0. The molecule has 2 aromatic carbocycles. The molecule has 0 aliphatic heterocycles. The van der Waals surface area contributed by atoms with Crippen molar-refractivity contribution in [3.8, 4) is 0 Å². The first kappa shape index (κ1) is 12.4. The van der Waals surface area contributed by atoms with Crippen molar-refractivity contribution in [1.29, 1.82) is 0 Å². The SMILES string of the molecule is CCCC=C(c1ccccc1)c1cccc(N)c1. The van der Waals surface area contributed by atoms with Gasteiger partial charge in [0.05, 0.1) is 0 Å². The van der Waals surface area contributed by atoms with Crippen LogP contribution in [-0.2, 0) is 0 Å². The van der Waals surface area contributed by atoms with Crippen LogP contribution in [-0.4, -0.2) is 0 Å². The van der Waals surface area contributed by atoms with Crippen LogP contribution >= 0.6 is 0 Å². The molecule has 0 saturated heterocycles. The fraction of sp³-hybridized carbons (Fsp3) is 0.176. The highest BCUT2D eigenvalue weighted by molar-refractivity contribution is 5.80. The van der Waals surface area contributed by atoms with Crippen LogP contribution in [0.3, 0.4) is 0 Å². The molecule has 92 valence electrons. The topological polar surface area (TPSA) is 26.0 Å². The molecule has 0 fully saturated rings. The Kier molecular flexibility index (Phi) is 4.19. The Morgan fingerprint density at radius 2 is 1.72 bits per heavy atom. The number of anilines is 1. The van der Waals surface area contributed by atoms with Crippen LogP contribution in [0.5, 0.6) is 0 Å². The number of hydrogen-bond donors (Lipinski definition) is 1. The van der Waals surface area contributed by atoms with Gasteiger partial charge in [0, 0.05) is 5.69 Å². The number of allylic oxidation sites excluding steroid dienone is 1. The van der Waals surface area contributed by atoms with Crippen molar-refractivity contribution >= 4 is 11.3 Å². The van der Waals surface area contributed by atoms with Crippen LogP contribution in [0.1, 0.15) is 30.9 Å². The first-order valence-corrected chi connectivity index (χ1v) is 6.42. The number of rotatable bonds is 4. The predicted molar refractivity (Wildman–Crippen MR) is 79.3 cm³/mol. The molecule has 0 heterocycles. The highest BCUT2D eigenvalue weighted by Gasteiger charge is 2.04. The summed E-state index contributed by atoms with van der Waals surface area (Å²) < 4.78 is 0. The zero-order valence-corrected chi connectivity index (χ0v) is 10.8. The summed E-state index contributed by atoms with van der Waals surface area (Å²) in [5.74, 6) is 0. The minimum atomic E-state index is 0.811. The van der Waals surface area contributed by atoms with Crippen LogP contribution in [0, 0.1) is 0 Å². The molecule has 0 bridgehead atoms. The van der Waals surface area contributed by atoms with Crippen LogP contribution < -0.4 is 5.73 Å².